The van der Waals surface area contributed by atoms with Crippen molar-refractivity contribution in [2.45, 2.75) is 19.8 Å². The van der Waals surface area contributed by atoms with Gasteiger partial charge in [0.2, 0.25) is 6.08 Å². The molecule has 0 aromatic heterocycles. The number of isocyanates is 1. The number of hydrogen-bond donors (Lipinski definition) is 0. The van der Waals surface area contributed by atoms with Crippen molar-refractivity contribution >= 4 is 11.8 Å². The second-order valence-electron chi connectivity index (χ2n) is 2.95. The van der Waals surface area contributed by atoms with E-state index in [1.54, 1.807) is 6.07 Å². The molecule has 0 saturated heterocycles. The molecule has 1 aromatic rings. The van der Waals surface area contributed by atoms with Gasteiger partial charge in [-0.1, -0.05) is 26.0 Å². The molecule has 0 radical (unpaired) electrons. The molecule has 0 aliphatic carbocycles. The number of nitrogens with zero attached hydrogens (tertiary/aromatic N) is 1. The van der Waals surface area contributed by atoms with Crippen LogP contribution in [0.25, 0.3) is 0 Å². The van der Waals surface area contributed by atoms with Gasteiger partial charge in [-0.2, -0.15) is 4.99 Å². The second-order valence-corrected chi connectivity index (χ2v) is 2.95. The Hall–Kier alpha value is -1.40. The summed E-state index contributed by atoms with van der Waals surface area (Å²) in [6.45, 7) is 4.20. The Labute approximate surface area is 71.9 Å². The van der Waals surface area contributed by atoms with E-state index in [0.717, 1.165) is 0 Å². The number of aliphatic imine (C=N–C) groups is 1. The van der Waals surface area contributed by atoms with E-state index < -0.39 is 0 Å². The summed E-state index contributed by atoms with van der Waals surface area (Å²) in [6.07, 6.45) is 1.53. The van der Waals surface area contributed by atoms with Crippen molar-refractivity contribution in [3.05, 3.63) is 29.8 Å². The van der Waals surface area contributed by atoms with Crippen molar-refractivity contribution in [2.75, 3.05) is 0 Å². The zero-order chi connectivity index (χ0) is 8.97. The molecule has 0 aliphatic heterocycles. The van der Waals surface area contributed by atoms with E-state index in [1.165, 1.54) is 11.6 Å². The Morgan fingerprint density at radius 1 is 1.42 bits per heavy atom. The minimum absolute atomic E-state index is 0.465. The summed E-state index contributed by atoms with van der Waals surface area (Å²) in [5.41, 5.74) is 1.86. The predicted octanol–water partition coefficient (Wildman–Crippen LogP) is 2.78. The fourth-order valence-corrected chi connectivity index (χ4v) is 1.01. The summed E-state index contributed by atoms with van der Waals surface area (Å²) in [7, 11) is 0. The molecule has 0 atom stereocenters. The highest BCUT2D eigenvalue weighted by Crippen LogP contribution is 2.19. The topological polar surface area (TPSA) is 29.4 Å². The van der Waals surface area contributed by atoms with Crippen LogP contribution in [0.15, 0.2) is 29.3 Å². The molecule has 0 bridgehead atoms. The number of carbonyl (C=O) groups excluding carboxylic acids is 1. The van der Waals surface area contributed by atoms with Gasteiger partial charge in [0, 0.05) is 0 Å². The zero-order valence-electron chi connectivity index (χ0n) is 7.24. The Morgan fingerprint density at radius 3 is 2.75 bits per heavy atom. The van der Waals surface area contributed by atoms with Crippen LogP contribution in [0.4, 0.5) is 5.69 Å². The fourth-order valence-electron chi connectivity index (χ4n) is 1.01. The summed E-state index contributed by atoms with van der Waals surface area (Å²) in [4.78, 5) is 13.5. The molecule has 0 N–H and O–H groups in total. The monoisotopic (exact) mass is 161 g/mol. The molecule has 0 aliphatic rings. The van der Waals surface area contributed by atoms with E-state index in [9.17, 15) is 4.79 Å². The van der Waals surface area contributed by atoms with Crippen LogP contribution in [0.3, 0.4) is 0 Å². The van der Waals surface area contributed by atoms with Crippen molar-refractivity contribution in [3.63, 3.8) is 0 Å². The lowest BCUT2D eigenvalue weighted by Crippen LogP contribution is -1.84. The van der Waals surface area contributed by atoms with Crippen molar-refractivity contribution in [1.82, 2.24) is 0 Å². The van der Waals surface area contributed by atoms with Gasteiger partial charge < -0.3 is 0 Å². The van der Waals surface area contributed by atoms with Crippen molar-refractivity contribution in [3.8, 4) is 0 Å². The highest BCUT2D eigenvalue weighted by atomic mass is 16.1. The number of rotatable bonds is 2. The summed E-state index contributed by atoms with van der Waals surface area (Å²) < 4.78 is 0. The first-order chi connectivity index (χ1) is 5.74. The van der Waals surface area contributed by atoms with Gasteiger partial charge in [-0.05, 0) is 23.6 Å². The van der Waals surface area contributed by atoms with Crippen molar-refractivity contribution in [1.29, 1.82) is 0 Å². The molecule has 1 aromatic carbocycles. The van der Waals surface area contributed by atoms with Gasteiger partial charge in [0.05, 0.1) is 5.69 Å². The van der Waals surface area contributed by atoms with Gasteiger partial charge in [0.25, 0.3) is 0 Å². The van der Waals surface area contributed by atoms with Crippen LogP contribution in [0.2, 0.25) is 0 Å². The molecular weight excluding hydrogens is 150 g/mol. The lowest BCUT2D eigenvalue weighted by Gasteiger charge is -2.03. The molecule has 62 valence electrons. The van der Waals surface area contributed by atoms with Gasteiger partial charge >= 0.3 is 0 Å². The van der Waals surface area contributed by atoms with Crippen LogP contribution >= 0.6 is 0 Å². The van der Waals surface area contributed by atoms with E-state index in [4.69, 9.17) is 0 Å². The van der Waals surface area contributed by atoms with Crippen molar-refractivity contribution in [2.24, 2.45) is 4.99 Å². The van der Waals surface area contributed by atoms with E-state index >= 15 is 0 Å². The van der Waals surface area contributed by atoms with E-state index in [1.807, 2.05) is 18.2 Å². The molecule has 2 nitrogen and oxygen atoms in total. The van der Waals surface area contributed by atoms with Crippen LogP contribution in [0.5, 0.6) is 0 Å². The maximum Gasteiger partial charge on any atom is 0.240 e. The highest BCUT2D eigenvalue weighted by Gasteiger charge is 1.98. The third kappa shape index (κ3) is 2.04. The third-order valence-corrected chi connectivity index (χ3v) is 1.71. The number of benzene rings is 1. The molecular formula is C10H11NO. The lowest BCUT2D eigenvalue weighted by atomic mass is 10.0. The van der Waals surface area contributed by atoms with Crippen molar-refractivity contribution < 1.29 is 4.79 Å². The van der Waals surface area contributed by atoms with E-state index in [2.05, 4.69) is 18.8 Å². The predicted molar refractivity (Wildman–Crippen MR) is 48.3 cm³/mol. The van der Waals surface area contributed by atoms with Crippen LogP contribution < -0.4 is 0 Å². The highest BCUT2D eigenvalue weighted by molar-refractivity contribution is 5.50. The standard InChI is InChI=1S/C10H11NO/c1-8(2)9-4-3-5-10(6-9)11-7-12/h3-6,8H,1-2H3. The molecule has 1 rings (SSSR count). The van der Waals surface area contributed by atoms with Gasteiger partial charge in [0.1, 0.15) is 0 Å². The second kappa shape index (κ2) is 3.84. The summed E-state index contributed by atoms with van der Waals surface area (Å²) in [5.74, 6) is 0.465. The van der Waals surface area contributed by atoms with Crippen LogP contribution in [0, 0.1) is 0 Å². The van der Waals surface area contributed by atoms with Gasteiger partial charge in [-0.3, -0.25) is 0 Å². The summed E-state index contributed by atoms with van der Waals surface area (Å²) in [6, 6.07) is 7.60. The van der Waals surface area contributed by atoms with Gasteiger partial charge in [-0.25, -0.2) is 4.79 Å². The largest absolute Gasteiger partial charge is 0.240 e. The van der Waals surface area contributed by atoms with E-state index in [-0.39, 0.29) is 0 Å². The van der Waals surface area contributed by atoms with Gasteiger partial charge in [-0.15, -0.1) is 0 Å². The third-order valence-electron chi connectivity index (χ3n) is 1.71. The lowest BCUT2D eigenvalue weighted by molar-refractivity contribution is 0.565. The average Bonchev–Trinajstić information content (AvgIpc) is 2.05. The Kier molecular flexibility index (Phi) is 2.78. The van der Waals surface area contributed by atoms with Crippen LogP contribution in [0.1, 0.15) is 25.3 Å². The normalized spacial score (nSPS) is 9.58. The maximum absolute atomic E-state index is 9.96. The number of hydrogen-bond acceptors (Lipinski definition) is 2. The summed E-state index contributed by atoms with van der Waals surface area (Å²) in [5, 5.41) is 0. The first-order valence-electron chi connectivity index (χ1n) is 3.92. The molecule has 12 heavy (non-hydrogen) atoms. The first-order valence-corrected chi connectivity index (χ1v) is 3.92. The molecule has 0 fully saturated rings. The van der Waals surface area contributed by atoms with Gasteiger partial charge in [0.15, 0.2) is 0 Å². The Bertz CT molecular complexity index is 311. The molecule has 0 saturated carbocycles. The SMILES string of the molecule is CC(C)c1cccc(N=C=O)c1. The quantitative estimate of drug-likeness (QED) is 0.484. The Balaban J connectivity index is 3.03. The smallest absolute Gasteiger partial charge is 0.211 e. The summed E-state index contributed by atoms with van der Waals surface area (Å²) >= 11 is 0. The fraction of sp³-hybridized carbons (Fsp3) is 0.300. The molecule has 0 unspecified atom stereocenters. The maximum atomic E-state index is 9.96. The zero-order valence-corrected chi connectivity index (χ0v) is 7.24. The minimum Gasteiger partial charge on any atom is -0.211 e. The first kappa shape index (κ1) is 8.69. The minimum atomic E-state index is 0.465. The molecule has 0 amide bonds. The Morgan fingerprint density at radius 2 is 2.17 bits per heavy atom. The van der Waals surface area contributed by atoms with Crippen LogP contribution in [-0.2, 0) is 4.79 Å². The molecule has 0 spiro atoms. The molecule has 0 heterocycles. The van der Waals surface area contributed by atoms with E-state index in [0.29, 0.717) is 11.6 Å². The molecule has 2 heteroatoms. The average molecular weight is 161 g/mol. The van der Waals surface area contributed by atoms with Crippen LogP contribution in [-0.4, -0.2) is 6.08 Å².